The molecule has 0 aliphatic rings. The molecule has 0 nitrogen and oxygen atoms in total. The van der Waals surface area contributed by atoms with Crippen LogP contribution in [0.25, 0.3) is 0 Å². The van der Waals surface area contributed by atoms with Crippen LogP contribution in [0.1, 0.15) is 19.8 Å². The van der Waals surface area contributed by atoms with E-state index >= 15 is 0 Å². The van der Waals surface area contributed by atoms with Gasteiger partial charge in [0.1, 0.15) is 0 Å². The fourth-order valence-corrected chi connectivity index (χ4v) is 1.09. The van der Waals surface area contributed by atoms with Crippen LogP contribution in [0, 0.1) is 0 Å². The number of thiol groups is 1. The van der Waals surface area contributed by atoms with Gasteiger partial charge in [-0.15, -0.1) is 0 Å². The maximum absolute atomic E-state index is 4.27. The molecule has 1 unspecified atom stereocenters. The maximum Gasteiger partial charge on any atom is 0.0469 e. The second kappa shape index (κ2) is 4.85. The van der Waals surface area contributed by atoms with Crippen molar-refractivity contribution in [2.75, 3.05) is 6.26 Å². The Morgan fingerprint density at radius 2 is 2.29 bits per heavy atom. The van der Waals surface area contributed by atoms with Crippen molar-refractivity contribution in [3.8, 4) is 0 Å². The Balaban J connectivity index is 2.83. The summed E-state index contributed by atoms with van der Waals surface area (Å²) in [4.78, 5) is 0. The zero-order valence-corrected chi connectivity index (χ0v) is 6.56. The lowest BCUT2D eigenvalue weighted by Crippen LogP contribution is -1.87. The van der Waals surface area contributed by atoms with E-state index in [2.05, 4.69) is 25.8 Å². The van der Waals surface area contributed by atoms with E-state index in [0.717, 1.165) is 0 Å². The first-order chi connectivity index (χ1) is 3.31. The smallest absolute Gasteiger partial charge is 0.0469 e. The zero-order chi connectivity index (χ0) is 5.70. The molecule has 0 aromatic heterocycles. The van der Waals surface area contributed by atoms with E-state index in [0.29, 0.717) is 4.58 Å². The molecule has 0 aromatic rings. The lowest BCUT2D eigenvalue weighted by atomic mass is 10.4. The predicted molar refractivity (Wildman–Crippen MR) is 41.2 cm³/mol. The molecule has 2 heteroatoms. The van der Waals surface area contributed by atoms with Crippen LogP contribution in [0.2, 0.25) is 0 Å². The summed E-state index contributed by atoms with van der Waals surface area (Å²) >= 11 is 6.09. The second-order valence-electron chi connectivity index (χ2n) is 1.48. The fraction of sp³-hybridized carbons (Fsp3) is 1.00. The molecule has 44 valence electrons. The van der Waals surface area contributed by atoms with Gasteiger partial charge < -0.3 is 0 Å². The lowest BCUT2D eigenvalue weighted by Gasteiger charge is -2.01. The minimum absolute atomic E-state index is 0.560. The molecule has 0 rings (SSSR count). The lowest BCUT2D eigenvalue weighted by molar-refractivity contribution is 0.874. The van der Waals surface area contributed by atoms with Crippen molar-refractivity contribution in [1.29, 1.82) is 0 Å². The van der Waals surface area contributed by atoms with Gasteiger partial charge in [0.15, 0.2) is 0 Å². The normalized spacial score (nSPS) is 14.1. The SMILES string of the molecule is CCCC(S)SC. The maximum atomic E-state index is 4.27. The van der Waals surface area contributed by atoms with Crippen LogP contribution in [-0.4, -0.2) is 10.8 Å². The largest absolute Gasteiger partial charge is 0.165 e. The molecule has 1 atom stereocenters. The van der Waals surface area contributed by atoms with Crippen LogP contribution in [-0.2, 0) is 0 Å². The van der Waals surface area contributed by atoms with E-state index in [4.69, 9.17) is 0 Å². The van der Waals surface area contributed by atoms with Crippen molar-refractivity contribution in [3.63, 3.8) is 0 Å². The van der Waals surface area contributed by atoms with Crippen molar-refractivity contribution in [3.05, 3.63) is 0 Å². The zero-order valence-electron chi connectivity index (χ0n) is 4.85. The van der Waals surface area contributed by atoms with Crippen molar-refractivity contribution in [1.82, 2.24) is 0 Å². The quantitative estimate of drug-likeness (QED) is 0.459. The highest BCUT2D eigenvalue weighted by Crippen LogP contribution is 2.15. The summed E-state index contributed by atoms with van der Waals surface area (Å²) in [5.74, 6) is 0. The van der Waals surface area contributed by atoms with E-state index in [9.17, 15) is 0 Å². The average Bonchev–Trinajstić information content (AvgIpc) is 1.68. The van der Waals surface area contributed by atoms with E-state index < -0.39 is 0 Å². The fourth-order valence-electron chi connectivity index (χ4n) is 0.365. The highest BCUT2D eigenvalue weighted by Gasteiger charge is 1.94. The Labute approximate surface area is 55.5 Å². The molecule has 0 aromatic carbocycles. The van der Waals surface area contributed by atoms with Crippen LogP contribution in [0.15, 0.2) is 0 Å². The third-order valence-corrected chi connectivity index (χ3v) is 2.48. The van der Waals surface area contributed by atoms with Crippen LogP contribution >= 0.6 is 24.4 Å². The van der Waals surface area contributed by atoms with Crippen LogP contribution < -0.4 is 0 Å². The summed E-state index contributed by atoms with van der Waals surface area (Å²) in [5, 5.41) is 0. The predicted octanol–water partition coefficient (Wildman–Crippen LogP) is 2.41. The molecular weight excluding hydrogens is 124 g/mol. The molecule has 0 amide bonds. The summed E-state index contributed by atoms with van der Waals surface area (Å²) in [6, 6.07) is 0. The Hall–Kier alpha value is 0.700. The molecule has 0 fully saturated rings. The molecule has 0 spiro atoms. The van der Waals surface area contributed by atoms with Crippen LogP contribution in [0.3, 0.4) is 0 Å². The monoisotopic (exact) mass is 136 g/mol. The first kappa shape index (κ1) is 7.70. The summed E-state index contributed by atoms with van der Waals surface area (Å²) in [6.07, 6.45) is 4.56. The summed E-state index contributed by atoms with van der Waals surface area (Å²) in [5.41, 5.74) is 0. The number of hydrogen-bond donors (Lipinski definition) is 1. The summed E-state index contributed by atoms with van der Waals surface area (Å²) in [6.45, 7) is 2.18. The molecule has 0 heterocycles. The van der Waals surface area contributed by atoms with Gasteiger partial charge in [-0.1, -0.05) is 13.3 Å². The van der Waals surface area contributed by atoms with Gasteiger partial charge in [-0.25, -0.2) is 0 Å². The van der Waals surface area contributed by atoms with E-state index in [1.807, 2.05) is 11.8 Å². The Kier molecular flexibility index (Phi) is 5.33. The summed E-state index contributed by atoms with van der Waals surface area (Å²) in [7, 11) is 0. The van der Waals surface area contributed by atoms with Crippen molar-refractivity contribution in [2.24, 2.45) is 0 Å². The number of rotatable bonds is 3. The van der Waals surface area contributed by atoms with Gasteiger partial charge in [0.05, 0.1) is 0 Å². The molecule has 0 aliphatic carbocycles. The van der Waals surface area contributed by atoms with Gasteiger partial charge in [-0.3, -0.25) is 0 Å². The highest BCUT2D eigenvalue weighted by molar-refractivity contribution is 8.09. The van der Waals surface area contributed by atoms with Gasteiger partial charge in [0.25, 0.3) is 0 Å². The van der Waals surface area contributed by atoms with E-state index in [1.54, 1.807) is 0 Å². The average molecular weight is 136 g/mol. The summed E-state index contributed by atoms with van der Waals surface area (Å²) < 4.78 is 0.560. The first-order valence-electron chi connectivity index (χ1n) is 2.52. The third-order valence-electron chi connectivity index (χ3n) is 0.808. The topological polar surface area (TPSA) is 0 Å². The van der Waals surface area contributed by atoms with Gasteiger partial charge in [-0.2, -0.15) is 24.4 Å². The van der Waals surface area contributed by atoms with Crippen molar-refractivity contribution < 1.29 is 0 Å². The Morgan fingerprint density at radius 3 is 2.43 bits per heavy atom. The Bertz CT molecular complexity index is 37.1. The van der Waals surface area contributed by atoms with Gasteiger partial charge >= 0.3 is 0 Å². The Morgan fingerprint density at radius 1 is 1.71 bits per heavy atom. The number of thioether (sulfide) groups is 1. The third kappa shape index (κ3) is 4.56. The molecular formula is C5H12S2. The van der Waals surface area contributed by atoms with Gasteiger partial charge in [0.2, 0.25) is 0 Å². The minimum atomic E-state index is 0.560. The minimum Gasteiger partial charge on any atom is -0.165 e. The molecule has 0 bridgehead atoms. The van der Waals surface area contributed by atoms with Gasteiger partial charge in [-0.05, 0) is 12.7 Å². The van der Waals surface area contributed by atoms with Crippen molar-refractivity contribution in [2.45, 2.75) is 24.3 Å². The standard InChI is InChI=1S/C5H12S2/c1-3-4-5(6)7-2/h5-6H,3-4H2,1-2H3. The van der Waals surface area contributed by atoms with Crippen LogP contribution in [0.5, 0.6) is 0 Å². The van der Waals surface area contributed by atoms with E-state index in [-0.39, 0.29) is 0 Å². The molecule has 7 heavy (non-hydrogen) atoms. The van der Waals surface area contributed by atoms with Crippen molar-refractivity contribution >= 4 is 24.4 Å². The molecule has 0 saturated carbocycles. The highest BCUT2D eigenvalue weighted by atomic mass is 32.2. The van der Waals surface area contributed by atoms with Crippen LogP contribution in [0.4, 0.5) is 0 Å². The first-order valence-corrected chi connectivity index (χ1v) is 4.32. The number of hydrogen-bond acceptors (Lipinski definition) is 2. The van der Waals surface area contributed by atoms with Gasteiger partial charge in [0, 0.05) is 4.58 Å². The molecule has 0 saturated heterocycles. The molecule has 0 aliphatic heterocycles. The second-order valence-corrected chi connectivity index (χ2v) is 3.49. The molecule has 0 radical (unpaired) electrons. The molecule has 0 N–H and O–H groups in total. The van der Waals surface area contributed by atoms with E-state index in [1.165, 1.54) is 12.8 Å².